The molecule has 1 heterocycles. The summed E-state index contributed by atoms with van der Waals surface area (Å²) in [7, 11) is 2.00. The van der Waals surface area contributed by atoms with Gasteiger partial charge in [-0.15, -0.1) is 0 Å². The van der Waals surface area contributed by atoms with Gasteiger partial charge in [0.05, 0.1) is 6.61 Å². The number of ether oxygens (including phenoxy) is 1. The zero-order valence-electron chi connectivity index (χ0n) is 6.18. The van der Waals surface area contributed by atoms with Crippen molar-refractivity contribution in [3.05, 3.63) is 0 Å². The maximum Gasteiger partial charge on any atom is 0.0509 e. The van der Waals surface area contributed by atoms with Crippen LogP contribution >= 0.6 is 0 Å². The van der Waals surface area contributed by atoms with Gasteiger partial charge in [-0.05, 0) is 26.3 Å². The van der Waals surface area contributed by atoms with Crippen molar-refractivity contribution in [1.29, 1.82) is 0 Å². The first-order chi connectivity index (χ1) is 4.34. The Bertz CT molecular complexity index is 79.0. The highest BCUT2D eigenvalue weighted by Crippen LogP contribution is 2.15. The fourth-order valence-corrected chi connectivity index (χ4v) is 1.18. The molecule has 1 N–H and O–H groups in total. The lowest BCUT2D eigenvalue weighted by Crippen LogP contribution is -2.30. The SMILES string of the molecule is CNC(C)C1CCOC1. The van der Waals surface area contributed by atoms with Gasteiger partial charge in [-0.2, -0.15) is 0 Å². The molecule has 1 fully saturated rings. The van der Waals surface area contributed by atoms with E-state index >= 15 is 0 Å². The normalized spacial score (nSPS) is 30.7. The Hall–Kier alpha value is -0.0800. The quantitative estimate of drug-likeness (QED) is 0.590. The van der Waals surface area contributed by atoms with Crippen LogP contribution in [0, 0.1) is 5.92 Å². The second kappa shape index (κ2) is 3.18. The average molecular weight is 129 g/mol. The number of nitrogens with one attached hydrogen (secondary N) is 1. The fourth-order valence-electron chi connectivity index (χ4n) is 1.18. The lowest BCUT2D eigenvalue weighted by Gasteiger charge is -2.15. The number of hydrogen-bond donors (Lipinski definition) is 1. The molecule has 0 spiro atoms. The summed E-state index contributed by atoms with van der Waals surface area (Å²) in [6.07, 6.45) is 1.22. The molecule has 1 saturated heterocycles. The molecular formula is C7H15NO. The first-order valence-corrected chi connectivity index (χ1v) is 3.59. The zero-order chi connectivity index (χ0) is 6.69. The molecule has 54 valence electrons. The van der Waals surface area contributed by atoms with Crippen molar-refractivity contribution < 1.29 is 4.74 Å². The highest BCUT2D eigenvalue weighted by Gasteiger charge is 2.20. The fraction of sp³-hybridized carbons (Fsp3) is 1.00. The molecule has 2 nitrogen and oxygen atoms in total. The maximum atomic E-state index is 5.24. The highest BCUT2D eigenvalue weighted by molar-refractivity contribution is 4.73. The lowest BCUT2D eigenvalue weighted by molar-refractivity contribution is 0.179. The second-order valence-electron chi connectivity index (χ2n) is 2.70. The minimum absolute atomic E-state index is 0.618. The lowest BCUT2D eigenvalue weighted by atomic mass is 10.0. The van der Waals surface area contributed by atoms with Crippen molar-refractivity contribution in [1.82, 2.24) is 5.32 Å². The van der Waals surface area contributed by atoms with Crippen molar-refractivity contribution in [3.63, 3.8) is 0 Å². The molecule has 0 aromatic rings. The summed E-state index contributed by atoms with van der Waals surface area (Å²) in [6, 6.07) is 0.618. The van der Waals surface area contributed by atoms with Crippen LogP contribution in [0.5, 0.6) is 0 Å². The summed E-state index contributed by atoms with van der Waals surface area (Å²) in [5.74, 6) is 0.745. The van der Waals surface area contributed by atoms with Gasteiger partial charge < -0.3 is 10.1 Å². The Balaban J connectivity index is 2.24. The summed E-state index contributed by atoms with van der Waals surface area (Å²) in [6.45, 7) is 4.11. The first kappa shape index (κ1) is 7.03. The molecule has 2 unspecified atom stereocenters. The molecule has 0 aliphatic carbocycles. The predicted molar refractivity (Wildman–Crippen MR) is 37.4 cm³/mol. The standard InChI is InChI=1S/C7H15NO/c1-6(8-2)7-3-4-9-5-7/h6-8H,3-5H2,1-2H3. The Labute approximate surface area is 56.6 Å². The molecule has 0 radical (unpaired) electrons. The van der Waals surface area contributed by atoms with Crippen LogP contribution in [0.2, 0.25) is 0 Å². The molecule has 0 aromatic carbocycles. The van der Waals surface area contributed by atoms with Crippen molar-refractivity contribution in [2.24, 2.45) is 5.92 Å². The van der Waals surface area contributed by atoms with E-state index in [9.17, 15) is 0 Å². The van der Waals surface area contributed by atoms with E-state index in [0.29, 0.717) is 6.04 Å². The molecule has 2 atom stereocenters. The van der Waals surface area contributed by atoms with E-state index < -0.39 is 0 Å². The monoisotopic (exact) mass is 129 g/mol. The van der Waals surface area contributed by atoms with Crippen LogP contribution in [0.3, 0.4) is 0 Å². The van der Waals surface area contributed by atoms with Crippen molar-refractivity contribution in [2.75, 3.05) is 20.3 Å². The van der Waals surface area contributed by atoms with E-state index in [1.165, 1.54) is 6.42 Å². The van der Waals surface area contributed by atoms with Crippen LogP contribution in [0.4, 0.5) is 0 Å². The molecule has 0 aromatic heterocycles. The van der Waals surface area contributed by atoms with Gasteiger partial charge in [-0.1, -0.05) is 0 Å². The van der Waals surface area contributed by atoms with Gasteiger partial charge in [0.25, 0.3) is 0 Å². The van der Waals surface area contributed by atoms with Gasteiger partial charge in [0, 0.05) is 12.6 Å². The molecule has 9 heavy (non-hydrogen) atoms. The number of rotatable bonds is 2. The van der Waals surface area contributed by atoms with Crippen LogP contribution in [0.15, 0.2) is 0 Å². The number of hydrogen-bond acceptors (Lipinski definition) is 2. The Kier molecular flexibility index (Phi) is 2.49. The van der Waals surface area contributed by atoms with E-state index in [1.54, 1.807) is 0 Å². The first-order valence-electron chi connectivity index (χ1n) is 3.59. The van der Waals surface area contributed by atoms with E-state index in [0.717, 1.165) is 19.1 Å². The second-order valence-corrected chi connectivity index (χ2v) is 2.70. The van der Waals surface area contributed by atoms with Gasteiger partial charge in [-0.3, -0.25) is 0 Å². The Morgan fingerprint density at radius 3 is 2.89 bits per heavy atom. The van der Waals surface area contributed by atoms with Gasteiger partial charge in [0.2, 0.25) is 0 Å². The molecular weight excluding hydrogens is 114 g/mol. The molecule has 1 aliphatic heterocycles. The largest absolute Gasteiger partial charge is 0.381 e. The smallest absolute Gasteiger partial charge is 0.0509 e. The van der Waals surface area contributed by atoms with Gasteiger partial charge in [0.15, 0.2) is 0 Å². The summed E-state index contributed by atoms with van der Waals surface area (Å²) in [5, 5.41) is 3.23. The summed E-state index contributed by atoms with van der Waals surface area (Å²) >= 11 is 0. The van der Waals surface area contributed by atoms with Crippen LogP contribution in [0.1, 0.15) is 13.3 Å². The van der Waals surface area contributed by atoms with Crippen molar-refractivity contribution in [3.8, 4) is 0 Å². The summed E-state index contributed by atoms with van der Waals surface area (Å²) < 4.78 is 5.24. The van der Waals surface area contributed by atoms with E-state index in [2.05, 4.69) is 12.2 Å². The van der Waals surface area contributed by atoms with Gasteiger partial charge in [-0.25, -0.2) is 0 Å². The minimum atomic E-state index is 0.618. The van der Waals surface area contributed by atoms with Crippen LogP contribution in [-0.4, -0.2) is 26.3 Å². The van der Waals surface area contributed by atoms with Crippen LogP contribution < -0.4 is 5.32 Å². The zero-order valence-corrected chi connectivity index (χ0v) is 6.18. The topological polar surface area (TPSA) is 21.3 Å². The molecule has 1 rings (SSSR count). The van der Waals surface area contributed by atoms with Crippen molar-refractivity contribution >= 4 is 0 Å². The van der Waals surface area contributed by atoms with Crippen molar-refractivity contribution in [2.45, 2.75) is 19.4 Å². The molecule has 0 saturated carbocycles. The third-order valence-electron chi connectivity index (χ3n) is 2.13. The Morgan fingerprint density at radius 1 is 1.67 bits per heavy atom. The molecule has 2 heteroatoms. The van der Waals surface area contributed by atoms with E-state index in [1.807, 2.05) is 7.05 Å². The molecule has 0 amide bonds. The summed E-state index contributed by atoms with van der Waals surface area (Å²) in [5.41, 5.74) is 0. The average Bonchev–Trinajstić information content (AvgIpc) is 2.37. The third kappa shape index (κ3) is 1.66. The predicted octanol–water partition coefficient (Wildman–Crippen LogP) is 0.631. The van der Waals surface area contributed by atoms with Gasteiger partial charge >= 0.3 is 0 Å². The summed E-state index contributed by atoms with van der Waals surface area (Å²) in [4.78, 5) is 0. The Morgan fingerprint density at radius 2 is 2.44 bits per heavy atom. The minimum Gasteiger partial charge on any atom is -0.381 e. The van der Waals surface area contributed by atoms with Crippen LogP contribution in [-0.2, 0) is 4.74 Å². The van der Waals surface area contributed by atoms with Gasteiger partial charge in [0.1, 0.15) is 0 Å². The molecule has 0 bridgehead atoms. The molecule has 1 aliphatic rings. The van der Waals surface area contributed by atoms with E-state index in [4.69, 9.17) is 4.74 Å². The van der Waals surface area contributed by atoms with E-state index in [-0.39, 0.29) is 0 Å². The van der Waals surface area contributed by atoms with Crippen LogP contribution in [0.25, 0.3) is 0 Å². The maximum absolute atomic E-state index is 5.24. The third-order valence-corrected chi connectivity index (χ3v) is 2.13. The highest BCUT2D eigenvalue weighted by atomic mass is 16.5.